The number of aliphatic carboxylic acids is 1. The summed E-state index contributed by atoms with van der Waals surface area (Å²) in [6.07, 6.45) is -4.89. The number of thiazole rings is 1. The van der Waals surface area contributed by atoms with E-state index < -0.39 is 54.6 Å². The number of anilines is 2. The molecule has 3 heterocycles. The lowest BCUT2D eigenvalue weighted by Crippen LogP contribution is -2.56. The van der Waals surface area contributed by atoms with Gasteiger partial charge in [-0.3, -0.25) is 9.69 Å². The van der Waals surface area contributed by atoms with Gasteiger partial charge in [-0.05, 0) is 31.0 Å². The van der Waals surface area contributed by atoms with Gasteiger partial charge in [-0.15, -0.1) is 11.3 Å². The Morgan fingerprint density at radius 3 is 2.72 bits per heavy atom. The first-order valence-electron chi connectivity index (χ1n) is 10.8. The molecule has 0 unspecified atom stereocenters. The maximum atomic E-state index is 14.6. The molecule has 3 aromatic rings. The van der Waals surface area contributed by atoms with E-state index in [1.807, 2.05) is 0 Å². The van der Waals surface area contributed by atoms with E-state index in [4.69, 9.17) is 11.6 Å². The summed E-state index contributed by atoms with van der Waals surface area (Å²) in [4.78, 5) is 21.5. The Bertz CT molecular complexity index is 1240. The van der Waals surface area contributed by atoms with Gasteiger partial charge in [-0.1, -0.05) is 23.7 Å². The molecule has 192 valence electrons. The first kappa shape index (κ1) is 26.2. The molecule has 1 fully saturated rings. The second kappa shape index (κ2) is 10.3. The Morgan fingerprint density at radius 2 is 2.06 bits per heavy atom. The molecular weight excluding hydrogens is 527 g/mol. The van der Waals surface area contributed by atoms with Crippen LogP contribution >= 0.6 is 22.9 Å². The second-order valence-electron chi connectivity index (χ2n) is 8.54. The fourth-order valence-corrected chi connectivity index (χ4v) is 5.07. The Morgan fingerprint density at radius 1 is 1.28 bits per heavy atom. The number of alkyl halides is 3. The van der Waals surface area contributed by atoms with Crippen molar-refractivity contribution >= 4 is 39.9 Å². The van der Waals surface area contributed by atoms with Crippen molar-refractivity contribution < 1.29 is 31.9 Å². The van der Waals surface area contributed by atoms with Gasteiger partial charge in [-0.25, -0.2) is 18.7 Å². The van der Waals surface area contributed by atoms with Crippen LogP contribution in [0.15, 0.2) is 41.9 Å². The largest absolute Gasteiger partial charge is 0.481 e. The molecule has 13 heteroatoms. The standard InChI is InChI=1S/C23H20ClF5N4O2S/c24-14-3-1-2-13(19(14)26)12-33-8-6-22(20(34)35,11-17(33)23(27,28)29)10-16-15(25)4-5-18(31-16)32-21-30-7-9-36-21/h1-5,7,9,17H,6,8,10-12H2,(H,34,35)(H,30,31,32)/t17-,22+/m0/s1. The molecule has 4 rings (SSSR count). The van der Waals surface area contributed by atoms with Crippen LogP contribution in [0, 0.1) is 17.0 Å². The molecule has 2 aromatic heterocycles. The number of rotatable bonds is 7. The van der Waals surface area contributed by atoms with Gasteiger partial charge >= 0.3 is 12.1 Å². The Balaban J connectivity index is 1.61. The quantitative estimate of drug-likeness (QED) is 0.351. The summed E-state index contributed by atoms with van der Waals surface area (Å²) in [5.74, 6) is -2.95. The number of pyridine rings is 1. The molecule has 2 N–H and O–H groups in total. The molecule has 0 spiro atoms. The number of nitrogens with zero attached hydrogens (tertiary/aromatic N) is 3. The minimum Gasteiger partial charge on any atom is -0.481 e. The van der Waals surface area contributed by atoms with Crippen LogP contribution in [-0.2, 0) is 17.8 Å². The monoisotopic (exact) mass is 546 g/mol. The fourth-order valence-electron chi connectivity index (χ4n) is 4.34. The minimum absolute atomic E-state index is 0.0340. The predicted molar refractivity (Wildman–Crippen MR) is 124 cm³/mol. The molecule has 1 aromatic carbocycles. The molecule has 1 saturated heterocycles. The number of hydrogen-bond acceptors (Lipinski definition) is 6. The number of nitrogens with one attached hydrogen (secondary N) is 1. The van der Waals surface area contributed by atoms with Gasteiger partial charge in [-0.2, -0.15) is 13.2 Å². The molecule has 0 aliphatic carbocycles. The van der Waals surface area contributed by atoms with Crippen molar-refractivity contribution in [3.05, 3.63) is 69.8 Å². The first-order chi connectivity index (χ1) is 17.0. The molecule has 0 radical (unpaired) electrons. The number of aromatic nitrogens is 2. The average molecular weight is 547 g/mol. The zero-order valence-electron chi connectivity index (χ0n) is 18.5. The van der Waals surface area contributed by atoms with Crippen LogP contribution < -0.4 is 5.32 Å². The van der Waals surface area contributed by atoms with Crippen LogP contribution in [0.3, 0.4) is 0 Å². The summed E-state index contributed by atoms with van der Waals surface area (Å²) >= 11 is 7.02. The highest BCUT2D eigenvalue weighted by Gasteiger charge is 2.54. The number of hydrogen-bond donors (Lipinski definition) is 2. The number of likely N-dealkylation sites (tertiary alicyclic amines) is 1. The third-order valence-electron chi connectivity index (χ3n) is 6.23. The van der Waals surface area contributed by atoms with Gasteiger partial charge in [0.1, 0.15) is 23.5 Å². The zero-order valence-corrected chi connectivity index (χ0v) is 20.1. The number of carboxylic acids is 1. The van der Waals surface area contributed by atoms with E-state index in [0.717, 1.165) is 11.0 Å². The maximum absolute atomic E-state index is 14.6. The summed E-state index contributed by atoms with van der Waals surface area (Å²) in [6.45, 7) is -0.715. The minimum atomic E-state index is -4.81. The van der Waals surface area contributed by atoms with Crippen LogP contribution in [0.25, 0.3) is 0 Å². The molecule has 1 aliphatic heterocycles. The molecule has 0 saturated carbocycles. The van der Waals surface area contributed by atoms with Gasteiger partial charge in [0.2, 0.25) is 0 Å². The smallest absolute Gasteiger partial charge is 0.404 e. The third kappa shape index (κ3) is 5.60. The van der Waals surface area contributed by atoms with Gasteiger partial charge in [0.05, 0.1) is 16.1 Å². The van der Waals surface area contributed by atoms with Gasteiger partial charge in [0.15, 0.2) is 5.13 Å². The lowest BCUT2D eigenvalue weighted by Gasteiger charge is -2.45. The lowest BCUT2D eigenvalue weighted by molar-refractivity contribution is -0.208. The van der Waals surface area contributed by atoms with Crippen molar-refractivity contribution in [3.63, 3.8) is 0 Å². The third-order valence-corrected chi connectivity index (χ3v) is 7.21. The van der Waals surface area contributed by atoms with Crippen molar-refractivity contribution in [2.45, 2.75) is 38.0 Å². The van der Waals surface area contributed by atoms with E-state index in [9.17, 15) is 31.9 Å². The van der Waals surface area contributed by atoms with E-state index in [1.165, 1.54) is 41.8 Å². The summed E-state index contributed by atoms with van der Waals surface area (Å²) in [5, 5.41) is 14.8. The number of benzene rings is 1. The number of carbonyl (C=O) groups is 1. The molecule has 2 atom stereocenters. The highest BCUT2D eigenvalue weighted by molar-refractivity contribution is 7.13. The van der Waals surface area contributed by atoms with Crippen LogP contribution in [0.1, 0.15) is 24.1 Å². The highest BCUT2D eigenvalue weighted by atomic mass is 35.5. The molecule has 6 nitrogen and oxygen atoms in total. The van der Waals surface area contributed by atoms with Crippen LogP contribution in [0.2, 0.25) is 5.02 Å². The van der Waals surface area contributed by atoms with Crippen LogP contribution in [0.4, 0.5) is 32.9 Å². The van der Waals surface area contributed by atoms with Crippen LogP contribution in [0.5, 0.6) is 0 Å². The van der Waals surface area contributed by atoms with E-state index in [-0.39, 0.29) is 35.1 Å². The van der Waals surface area contributed by atoms with Crippen molar-refractivity contribution in [2.75, 3.05) is 11.9 Å². The molecular formula is C23H20ClF5N4O2S. The first-order valence-corrected chi connectivity index (χ1v) is 12.0. The van der Waals surface area contributed by atoms with E-state index in [0.29, 0.717) is 5.13 Å². The van der Waals surface area contributed by atoms with Crippen LogP contribution in [-0.4, -0.2) is 44.7 Å². The van der Waals surface area contributed by atoms with E-state index in [1.54, 1.807) is 5.38 Å². The summed E-state index contributed by atoms with van der Waals surface area (Å²) in [5.41, 5.74) is -2.24. The Labute approximate surface area is 211 Å². The van der Waals surface area contributed by atoms with Gasteiger partial charge in [0.25, 0.3) is 0 Å². The van der Waals surface area contributed by atoms with Gasteiger partial charge < -0.3 is 10.4 Å². The SMILES string of the molecule is O=C(O)[C@@]1(Cc2nc(Nc3nccs3)ccc2F)CCN(Cc2cccc(Cl)c2F)[C@H](C(F)(F)F)C1. The molecule has 0 bridgehead atoms. The highest BCUT2D eigenvalue weighted by Crippen LogP contribution is 2.44. The van der Waals surface area contributed by atoms with Crippen molar-refractivity contribution in [1.82, 2.24) is 14.9 Å². The Kier molecular flexibility index (Phi) is 7.48. The van der Waals surface area contributed by atoms with Crippen molar-refractivity contribution in [3.8, 4) is 0 Å². The topological polar surface area (TPSA) is 78.3 Å². The van der Waals surface area contributed by atoms with Crippen molar-refractivity contribution in [2.24, 2.45) is 5.41 Å². The summed E-state index contributed by atoms with van der Waals surface area (Å²) < 4.78 is 71.3. The van der Waals surface area contributed by atoms with E-state index >= 15 is 0 Å². The van der Waals surface area contributed by atoms with Crippen molar-refractivity contribution in [1.29, 1.82) is 0 Å². The lowest BCUT2D eigenvalue weighted by atomic mass is 9.71. The normalized spacial score (nSPS) is 20.9. The molecule has 36 heavy (non-hydrogen) atoms. The molecule has 1 aliphatic rings. The predicted octanol–water partition coefficient (Wildman–Crippen LogP) is 6.05. The fraction of sp³-hybridized carbons (Fsp3) is 0.348. The van der Waals surface area contributed by atoms with E-state index in [2.05, 4.69) is 15.3 Å². The van der Waals surface area contributed by atoms with Gasteiger partial charge in [0, 0.05) is 36.7 Å². The number of carboxylic acid groups (broad SMARTS) is 1. The number of halogens is 6. The average Bonchev–Trinajstić information content (AvgIpc) is 3.32. The summed E-state index contributed by atoms with van der Waals surface area (Å²) in [7, 11) is 0. The number of piperidine rings is 1. The Hall–Kier alpha value is -2.83. The maximum Gasteiger partial charge on any atom is 0.404 e. The molecule has 0 amide bonds. The second-order valence-corrected chi connectivity index (χ2v) is 9.85. The summed E-state index contributed by atoms with van der Waals surface area (Å²) in [6, 6.07) is 4.25. The zero-order chi connectivity index (χ0) is 26.1.